The third-order valence-corrected chi connectivity index (χ3v) is 6.03. The number of rotatable bonds is 10. The summed E-state index contributed by atoms with van der Waals surface area (Å²) in [6, 6.07) is 15.5. The molecule has 1 amide bonds. The Morgan fingerprint density at radius 2 is 1.97 bits per heavy atom. The van der Waals surface area contributed by atoms with Gasteiger partial charge in [0.15, 0.2) is 6.61 Å². The van der Waals surface area contributed by atoms with Crippen LogP contribution >= 0.6 is 11.3 Å². The molecule has 0 unspecified atom stereocenters. The minimum Gasteiger partial charge on any atom is -0.482 e. The molecule has 0 fully saturated rings. The van der Waals surface area contributed by atoms with E-state index in [1.807, 2.05) is 47.8 Å². The number of hydrogen-bond donors (Lipinski definition) is 0. The van der Waals surface area contributed by atoms with Gasteiger partial charge in [0, 0.05) is 23.1 Å². The van der Waals surface area contributed by atoms with Gasteiger partial charge in [-0.2, -0.15) is 0 Å². The lowest BCUT2D eigenvalue weighted by Gasteiger charge is -2.29. The van der Waals surface area contributed by atoms with Crippen molar-refractivity contribution in [3.8, 4) is 27.6 Å². The summed E-state index contributed by atoms with van der Waals surface area (Å²) < 4.78 is 16.2. The van der Waals surface area contributed by atoms with Crippen LogP contribution in [0.25, 0.3) is 21.8 Å². The lowest BCUT2D eigenvalue weighted by molar-refractivity contribution is -0.144. The predicted octanol–water partition coefficient (Wildman–Crippen LogP) is 4.56. The molecule has 2 heterocycles. The maximum Gasteiger partial charge on any atom is 0.326 e. The van der Waals surface area contributed by atoms with E-state index in [9.17, 15) is 9.59 Å². The third-order valence-electron chi connectivity index (χ3n) is 5.14. The first-order chi connectivity index (χ1) is 16.2. The summed E-state index contributed by atoms with van der Waals surface area (Å²) in [7, 11) is 0. The highest BCUT2D eigenvalue weighted by molar-refractivity contribution is 7.13. The second-order valence-electron chi connectivity index (χ2n) is 7.54. The minimum absolute atomic E-state index is 0.116. The Hall–Kier alpha value is -3.23. The van der Waals surface area contributed by atoms with Crippen LogP contribution in [0, 0.1) is 0 Å². The van der Waals surface area contributed by atoms with Crippen molar-refractivity contribution in [3.05, 3.63) is 53.9 Å². The zero-order valence-electron chi connectivity index (χ0n) is 18.5. The minimum atomic E-state index is -0.485. The van der Waals surface area contributed by atoms with Crippen molar-refractivity contribution in [1.82, 2.24) is 4.98 Å². The Morgan fingerprint density at radius 3 is 2.79 bits per heavy atom. The van der Waals surface area contributed by atoms with E-state index in [4.69, 9.17) is 19.2 Å². The Kier molecular flexibility index (Phi) is 7.70. The molecule has 0 radical (unpaired) electrons. The van der Waals surface area contributed by atoms with Gasteiger partial charge in [-0.1, -0.05) is 43.7 Å². The van der Waals surface area contributed by atoms with Gasteiger partial charge in [0.05, 0.1) is 18.0 Å². The molecule has 2 aromatic carbocycles. The molecule has 8 heteroatoms. The van der Waals surface area contributed by atoms with E-state index in [1.165, 1.54) is 4.90 Å². The number of benzene rings is 2. The summed E-state index contributed by atoms with van der Waals surface area (Å²) in [6.07, 6.45) is 2.02. The zero-order valence-corrected chi connectivity index (χ0v) is 19.3. The SMILES string of the molecule is CCCCOCCOC(=O)CN1C(=O)COc2ccc(-c3csc(-c4ccccc4)n3)cc21. The molecule has 4 rings (SSSR count). The summed E-state index contributed by atoms with van der Waals surface area (Å²) in [6.45, 7) is 2.94. The number of hydrogen-bond acceptors (Lipinski definition) is 7. The molecule has 33 heavy (non-hydrogen) atoms. The van der Waals surface area contributed by atoms with E-state index >= 15 is 0 Å². The fourth-order valence-corrected chi connectivity index (χ4v) is 4.23. The van der Waals surface area contributed by atoms with E-state index < -0.39 is 5.97 Å². The van der Waals surface area contributed by atoms with Gasteiger partial charge in [-0.3, -0.25) is 14.5 Å². The van der Waals surface area contributed by atoms with Gasteiger partial charge >= 0.3 is 5.97 Å². The smallest absolute Gasteiger partial charge is 0.326 e. The van der Waals surface area contributed by atoms with Crippen molar-refractivity contribution >= 4 is 28.9 Å². The molecule has 1 aromatic heterocycles. The number of esters is 1. The number of aromatic nitrogens is 1. The van der Waals surface area contributed by atoms with Gasteiger partial charge in [-0.05, 0) is 24.6 Å². The third kappa shape index (κ3) is 5.77. The van der Waals surface area contributed by atoms with Gasteiger partial charge in [0.2, 0.25) is 0 Å². The van der Waals surface area contributed by atoms with E-state index in [-0.39, 0.29) is 25.7 Å². The summed E-state index contributed by atoms with van der Waals surface area (Å²) in [5.41, 5.74) is 3.22. The Bertz CT molecular complexity index is 1100. The van der Waals surface area contributed by atoms with Crippen LogP contribution in [0.1, 0.15) is 19.8 Å². The van der Waals surface area contributed by atoms with Crippen molar-refractivity contribution in [2.45, 2.75) is 19.8 Å². The number of carbonyl (C=O) groups excluding carboxylic acids is 2. The second-order valence-corrected chi connectivity index (χ2v) is 8.40. The van der Waals surface area contributed by atoms with Crippen LogP contribution < -0.4 is 9.64 Å². The van der Waals surface area contributed by atoms with Gasteiger partial charge in [-0.15, -0.1) is 11.3 Å². The highest BCUT2D eigenvalue weighted by Gasteiger charge is 2.28. The largest absolute Gasteiger partial charge is 0.482 e. The molecule has 0 spiro atoms. The quantitative estimate of drug-likeness (QED) is 0.322. The molecule has 0 saturated heterocycles. The maximum absolute atomic E-state index is 12.5. The molecule has 1 aliphatic heterocycles. The molecule has 0 N–H and O–H groups in total. The Balaban J connectivity index is 1.46. The number of fused-ring (bicyclic) bond motifs is 1. The molecule has 0 atom stereocenters. The summed E-state index contributed by atoms with van der Waals surface area (Å²) in [4.78, 5) is 31.0. The molecule has 172 valence electrons. The van der Waals surface area contributed by atoms with E-state index in [0.717, 1.165) is 34.7 Å². The lowest BCUT2D eigenvalue weighted by Crippen LogP contribution is -2.42. The number of amides is 1. The standard InChI is InChI=1S/C25H26N2O5S/c1-2-3-11-30-12-13-31-24(29)15-27-21-14-19(9-10-22(21)32-16-23(27)28)20-17-33-25(26-20)18-7-5-4-6-8-18/h4-10,14,17H,2-3,11-13,15-16H2,1H3. The normalized spacial score (nSPS) is 12.9. The van der Waals surface area contributed by atoms with Crippen LogP contribution in [0.3, 0.4) is 0 Å². The number of ether oxygens (including phenoxy) is 3. The van der Waals surface area contributed by atoms with Crippen LogP contribution in [0.2, 0.25) is 0 Å². The lowest BCUT2D eigenvalue weighted by atomic mass is 10.1. The number of nitrogens with zero attached hydrogens (tertiary/aromatic N) is 2. The zero-order chi connectivity index (χ0) is 23.0. The average Bonchev–Trinajstić information content (AvgIpc) is 3.34. The van der Waals surface area contributed by atoms with Crippen LogP contribution in [0.15, 0.2) is 53.9 Å². The molecule has 0 bridgehead atoms. The van der Waals surface area contributed by atoms with Crippen molar-refractivity contribution in [2.75, 3.05) is 37.9 Å². The first kappa shape index (κ1) is 22.9. The fourth-order valence-electron chi connectivity index (χ4n) is 3.39. The highest BCUT2D eigenvalue weighted by atomic mass is 32.1. The number of carbonyl (C=O) groups is 2. The topological polar surface area (TPSA) is 78.0 Å². The molecule has 0 aliphatic carbocycles. The molecule has 1 aliphatic rings. The molecule has 3 aromatic rings. The number of unbranched alkanes of at least 4 members (excludes halogenated alkanes) is 1. The number of thiazole rings is 1. The van der Waals surface area contributed by atoms with E-state index in [1.54, 1.807) is 17.4 Å². The maximum atomic E-state index is 12.5. The van der Waals surface area contributed by atoms with Crippen molar-refractivity contribution in [1.29, 1.82) is 0 Å². The van der Waals surface area contributed by atoms with Gasteiger partial charge in [0.1, 0.15) is 23.9 Å². The first-order valence-electron chi connectivity index (χ1n) is 11.0. The molecule has 7 nitrogen and oxygen atoms in total. The molecule has 0 saturated carbocycles. The highest BCUT2D eigenvalue weighted by Crippen LogP contribution is 2.37. The van der Waals surface area contributed by atoms with Crippen LogP contribution in [0.5, 0.6) is 5.75 Å². The first-order valence-corrected chi connectivity index (χ1v) is 11.9. The molecular weight excluding hydrogens is 440 g/mol. The van der Waals surface area contributed by atoms with Crippen molar-refractivity contribution in [3.63, 3.8) is 0 Å². The summed E-state index contributed by atoms with van der Waals surface area (Å²) >= 11 is 1.55. The molecular formula is C25H26N2O5S. The van der Waals surface area contributed by atoms with Gasteiger partial charge in [0.25, 0.3) is 5.91 Å². The second kappa shape index (κ2) is 11.1. The predicted molar refractivity (Wildman–Crippen MR) is 128 cm³/mol. The van der Waals surface area contributed by atoms with Crippen LogP contribution in [-0.2, 0) is 19.1 Å². The Labute approximate surface area is 196 Å². The summed E-state index contributed by atoms with van der Waals surface area (Å²) in [5.74, 6) is -0.229. The van der Waals surface area contributed by atoms with Crippen molar-refractivity contribution in [2.24, 2.45) is 0 Å². The fraction of sp³-hybridized carbons (Fsp3) is 0.320. The van der Waals surface area contributed by atoms with Crippen LogP contribution in [-0.4, -0.2) is 49.8 Å². The van der Waals surface area contributed by atoms with Crippen LogP contribution in [0.4, 0.5) is 5.69 Å². The van der Waals surface area contributed by atoms with Gasteiger partial charge in [-0.25, -0.2) is 4.98 Å². The van der Waals surface area contributed by atoms with Crippen molar-refractivity contribution < 1.29 is 23.8 Å². The number of anilines is 1. The average molecular weight is 467 g/mol. The summed E-state index contributed by atoms with van der Waals surface area (Å²) in [5, 5.41) is 2.89. The van der Waals surface area contributed by atoms with E-state index in [2.05, 4.69) is 6.92 Å². The monoisotopic (exact) mass is 466 g/mol. The van der Waals surface area contributed by atoms with E-state index in [0.29, 0.717) is 24.7 Å². The Morgan fingerprint density at radius 1 is 1.12 bits per heavy atom. The van der Waals surface area contributed by atoms with Gasteiger partial charge < -0.3 is 14.2 Å².